The van der Waals surface area contributed by atoms with Crippen molar-refractivity contribution in [2.75, 3.05) is 13.1 Å². The molecule has 2 amide bonds. The molecule has 0 saturated carbocycles. The quantitative estimate of drug-likeness (QED) is 0.400. The molecule has 3 aromatic rings. The zero-order chi connectivity index (χ0) is 25.3. The molecule has 1 heterocycles. The number of nitrogens with one attached hydrogen (secondary N) is 2. The molecule has 12 heteroatoms. The van der Waals surface area contributed by atoms with Crippen molar-refractivity contribution in [1.29, 1.82) is 0 Å². The molecule has 1 aromatic heterocycles. The van der Waals surface area contributed by atoms with Crippen LogP contribution >= 0.6 is 0 Å². The zero-order valence-electron chi connectivity index (χ0n) is 18.7. The van der Waals surface area contributed by atoms with E-state index in [-0.39, 0.29) is 36.3 Å². The molecular formula is C23H24F3N7O2. The molecule has 0 fully saturated rings. The number of nitrogens with zero attached hydrogens (tertiary/aromatic N) is 4. The van der Waals surface area contributed by atoms with Crippen molar-refractivity contribution in [2.24, 2.45) is 5.73 Å². The summed E-state index contributed by atoms with van der Waals surface area (Å²) in [6.07, 6.45) is -3.47. The van der Waals surface area contributed by atoms with E-state index in [9.17, 15) is 22.8 Å². The van der Waals surface area contributed by atoms with Gasteiger partial charge in [0.25, 0.3) is 0 Å². The SMILES string of the molecule is NCCNC(=O)CCCC(=O)NCc1ccc(-c2nnc(-c3ccc(C(F)(F)F)cc3)nn2)cc1. The zero-order valence-corrected chi connectivity index (χ0v) is 18.7. The fourth-order valence-corrected chi connectivity index (χ4v) is 3.04. The molecule has 0 aliphatic carbocycles. The van der Waals surface area contributed by atoms with Gasteiger partial charge < -0.3 is 16.4 Å². The predicted molar refractivity (Wildman–Crippen MR) is 121 cm³/mol. The first-order chi connectivity index (χ1) is 16.8. The van der Waals surface area contributed by atoms with Crippen LogP contribution in [0.4, 0.5) is 13.2 Å². The minimum Gasteiger partial charge on any atom is -0.355 e. The van der Waals surface area contributed by atoms with Crippen LogP contribution in [0.1, 0.15) is 30.4 Å². The maximum atomic E-state index is 12.7. The lowest BCUT2D eigenvalue weighted by atomic mass is 10.1. The van der Waals surface area contributed by atoms with Gasteiger partial charge in [-0.1, -0.05) is 36.4 Å². The molecule has 0 spiro atoms. The van der Waals surface area contributed by atoms with E-state index in [4.69, 9.17) is 5.73 Å². The van der Waals surface area contributed by atoms with Crippen molar-refractivity contribution in [3.63, 3.8) is 0 Å². The van der Waals surface area contributed by atoms with E-state index in [1.165, 1.54) is 12.1 Å². The average Bonchev–Trinajstić information content (AvgIpc) is 2.86. The third kappa shape index (κ3) is 7.81. The molecule has 4 N–H and O–H groups in total. The van der Waals surface area contributed by atoms with Gasteiger partial charge in [-0.2, -0.15) is 13.2 Å². The van der Waals surface area contributed by atoms with Gasteiger partial charge in [0.05, 0.1) is 5.56 Å². The minimum atomic E-state index is -4.42. The third-order valence-corrected chi connectivity index (χ3v) is 4.93. The van der Waals surface area contributed by atoms with Crippen LogP contribution in [0.25, 0.3) is 22.8 Å². The number of carbonyl (C=O) groups is 2. The predicted octanol–water partition coefficient (Wildman–Crippen LogP) is 2.48. The van der Waals surface area contributed by atoms with Gasteiger partial charge in [-0.05, 0) is 24.1 Å². The highest BCUT2D eigenvalue weighted by Crippen LogP contribution is 2.30. The fourth-order valence-electron chi connectivity index (χ4n) is 3.04. The van der Waals surface area contributed by atoms with Crippen LogP contribution in [-0.4, -0.2) is 45.3 Å². The van der Waals surface area contributed by atoms with Gasteiger partial charge in [0, 0.05) is 43.6 Å². The van der Waals surface area contributed by atoms with Gasteiger partial charge in [0.15, 0.2) is 0 Å². The summed E-state index contributed by atoms with van der Waals surface area (Å²) in [4.78, 5) is 23.5. The Morgan fingerprint density at radius 2 is 1.26 bits per heavy atom. The van der Waals surface area contributed by atoms with Crippen LogP contribution in [0.2, 0.25) is 0 Å². The normalized spacial score (nSPS) is 11.2. The van der Waals surface area contributed by atoms with E-state index in [0.717, 1.165) is 17.7 Å². The lowest BCUT2D eigenvalue weighted by Gasteiger charge is -2.07. The Hall–Kier alpha value is -3.93. The van der Waals surface area contributed by atoms with E-state index < -0.39 is 11.7 Å². The molecule has 3 rings (SSSR count). The van der Waals surface area contributed by atoms with Crippen molar-refractivity contribution >= 4 is 11.8 Å². The molecule has 2 aromatic carbocycles. The van der Waals surface area contributed by atoms with Gasteiger partial charge >= 0.3 is 6.18 Å². The number of nitrogens with two attached hydrogens (primary N) is 1. The number of alkyl halides is 3. The first kappa shape index (κ1) is 25.7. The highest BCUT2D eigenvalue weighted by Gasteiger charge is 2.30. The van der Waals surface area contributed by atoms with Crippen molar-refractivity contribution in [3.05, 3.63) is 59.7 Å². The van der Waals surface area contributed by atoms with Gasteiger partial charge in [-0.25, -0.2) is 0 Å². The Bertz CT molecular complexity index is 1120. The van der Waals surface area contributed by atoms with Crippen LogP contribution in [0, 0.1) is 0 Å². The molecule has 0 atom stereocenters. The summed E-state index contributed by atoms with van der Waals surface area (Å²) in [5, 5.41) is 21.4. The lowest BCUT2D eigenvalue weighted by Crippen LogP contribution is -2.29. The number of rotatable bonds is 10. The van der Waals surface area contributed by atoms with E-state index in [0.29, 0.717) is 37.2 Å². The van der Waals surface area contributed by atoms with Gasteiger partial charge in [0.1, 0.15) is 0 Å². The Kier molecular flexibility index (Phi) is 8.79. The van der Waals surface area contributed by atoms with Crippen LogP contribution in [0.5, 0.6) is 0 Å². The van der Waals surface area contributed by atoms with Crippen LogP contribution in [-0.2, 0) is 22.3 Å². The molecule has 0 bridgehead atoms. The number of hydrogen-bond acceptors (Lipinski definition) is 7. The van der Waals surface area contributed by atoms with E-state index >= 15 is 0 Å². The number of aromatic nitrogens is 4. The summed E-state index contributed by atoms with van der Waals surface area (Å²) in [5.41, 5.74) is 6.41. The molecule has 9 nitrogen and oxygen atoms in total. The Morgan fingerprint density at radius 1 is 0.771 bits per heavy atom. The molecular weight excluding hydrogens is 463 g/mol. The van der Waals surface area contributed by atoms with E-state index in [1.54, 1.807) is 24.3 Å². The Balaban J connectivity index is 1.49. The van der Waals surface area contributed by atoms with Crippen molar-refractivity contribution in [1.82, 2.24) is 31.0 Å². The number of benzene rings is 2. The second-order valence-electron chi connectivity index (χ2n) is 7.59. The number of carbonyl (C=O) groups excluding carboxylic acids is 2. The lowest BCUT2D eigenvalue weighted by molar-refractivity contribution is -0.137. The van der Waals surface area contributed by atoms with Crippen LogP contribution in [0.15, 0.2) is 48.5 Å². The third-order valence-electron chi connectivity index (χ3n) is 4.93. The van der Waals surface area contributed by atoms with Crippen molar-refractivity contribution < 1.29 is 22.8 Å². The standard InChI is InChI=1S/C23H24F3N7O2/c24-23(25,26)18-10-8-17(9-11-18)22-32-30-21(31-33-22)16-6-4-15(5-7-16)14-29-20(35)3-1-2-19(34)28-13-12-27/h4-11H,1-3,12-14,27H2,(H,28,34)(H,29,35). The molecule has 184 valence electrons. The number of amides is 2. The number of hydrogen-bond donors (Lipinski definition) is 3. The van der Waals surface area contributed by atoms with Crippen molar-refractivity contribution in [3.8, 4) is 22.8 Å². The molecule has 0 saturated heterocycles. The second kappa shape index (κ2) is 12.0. The van der Waals surface area contributed by atoms with Crippen LogP contribution in [0.3, 0.4) is 0 Å². The molecule has 0 aliphatic rings. The Morgan fingerprint density at radius 3 is 1.74 bits per heavy atom. The summed E-state index contributed by atoms with van der Waals surface area (Å²) < 4.78 is 38.1. The Labute approximate surface area is 199 Å². The second-order valence-corrected chi connectivity index (χ2v) is 7.59. The largest absolute Gasteiger partial charge is 0.416 e. The van der Waals surface area contributed by atoms with Crippen LogP contribution < -0.4 is 16.4 Å². The summed E-state index contributed by atoms with van der Waals surface area (Å²) in [6.45, 7) is 1.11. The molecule has 0 aliphatic heterocycles. The highest BCUT2D eigenvalue weighted by molar-refractivity contribution is 5.78. The van der Waals surface area contributed by atoms with Gasteiger partial charge in [0.2, 0.25) is 23.5 Å². The van der Waals surface area contributed by atoms with Gasteiger partial charge in [-0.15, -0.1) is 20.4 Å². The maximum Gasteiger partial charge on any atom is 0.416 e. The summed E-state index contributed by atoms with van der Waals surface area (Å²) >= 11 is 0. The molecule has 0 unspecified atom stereocenters. The average molecular weight is 487 g/mol. The van der Waals surface area contributed by atoms with E-state index in [2.05, 4.69) is 31.0 Å². The highest BCUT2D eigenvalue weighted by atomic mass is 19.4. The summed E-state index contributed by atoms with van der Waals surface area (Å²) in [5.74, 6) is 0.0801. The first-order valence-corrected chi connectivity index (χ1v) is 10.8. The molecule has 35 heavy (non-hydrogen) atoms. The maximum absolute atomic E-state index is 12.7. The summed E-state index contributed by atoms with van der Waals surface area (Å²) in [6, 6.07) is 11.5. The molecule has 0 radical (unpaired) electrons. The monoisotopic (exact) mass is 487 g/mol. The minimum absolute atomic E-state index is 0.110. The fraction of sp³-hybridized carbons (Fsp3) is 0.304. The topological polar surface area (TPSA) is 136 Å². The van der Waals surface area contributed by atoms with Gasteiger partial charge in [-0.3, -0.25) is 9.59 Å². The van der Waals surface area contributed by atoms with Crippen molar-refractivity contribution in [2.45, 2.75) is 32.0 Å². The smallest absolute Gasteiger partial charge is 0.355 e. The first-order valence-electron chi connectivity index (χ1n) is 10.8. The summed E-state index contributed by atoms with van der Waals surface area (Å²) in [7, 11) is 0. The number of halogens is 3. The van der Waals surface area contributed by atoms with E-state index in [1.807, 2.05) is 0 Å².